The van der Waals surface area contributed by atoms with E-state index in [0.29, 0.717) is 0 Å². The number of aromatic nitrogens is 2. The van der Waals surface area contributed by atoms with Gasteiger partial charge in [0.25, 0.3) is 0 Å². The third kappa shape index (κ3) is 3.36. The molecule has 0 amide bonds. The van der Waals surface area contributed by atoms with Crippen molar-refractivity contribution >= 4 is 6.08 Å². The van der Waals surface area contributed by atoms with Crippen molar-refractivity contribution in [2.24, 2.45) is 0 Å². The van der Waals surface area contributed by atoms with Gasteiger partial charge in [-0.1, -0.05) is 44.2 Å². The van der Waals surface area contributed by atoms with E-state index in [-0.39, 0.29) is 11.7 Å². The highest BCUT2D eigenvalue weighted by Crippen LogP contribution is 2.31. The number of imidazole rings is 1. The van der Waals surface area contributed by atoms with Gasteiger partial charge in [0.05, 0.1) is 17.5 Å². The second-order valence-corrected chi connectivity index (χ2v) is 6.00. The van der Waals surface area contributed by atoms with Crippen molar-refractivity contribution in [1.82, 2.24) is 9.55 Å². The van der Waals surface area contributed by atoms with Crippen LogP contribution in [-0.4, -0.2) is 9.55 Å². The summed E-state index contributed by atoms with van der Waals surface area (Å²) < 4.78 is 15.4. The van der Waals surface area contributed by atoms with Gasteiger partial charge in [-0.15, -0.1) is 0 Å². The lowest BCUT2D eigenvalue weighted by atomic mass is 10.1. The van der Waals surface area contributed by atoms with Gasteiger partial charge in [0, 0.05) is 17.3 Å². The number of hydrogen-bond acceptors (Lipinski definition) is 2. The number of rotatable bonds is 4. The van der Waals surface area contributed by atoms with Crippen molar-refractivity contribution in [3.63, 3.8) is 0 Å². The number of halogens is 1. The molecule has 3 nitrogen and oxygen atoms in total. The molecule has 0 saturated heterocycles. The van der Waals surface area contributed by atoms with Gasteiger partial charge >= 0.3 is 0 Å². The van der Waals surface area contributed by atoms with E-state index >= 15 is 0 Å². The summed E-state index contributed by atoms with van der Waals surface area (Å²) in [6.45, 7) is 4.13. The van der Waals surface area contributed by atoms with Crippen LogP contribution < -0.4 is 0 Å². The zero-order chi connectivity index (χ0) is 17.8. The Hall–Kier alpha value is -3.19. The molecule has 0 N–H and O–H groups in total. The van der Waals surface area contributed by atoms with E-state index in [0.717, 1.165) is 28.5 Å². The van der Waals surface area contributed by atoms with Crippen LogP contribution >= 0.6 is 0 Å². The van der Waals surface area contributed by atoms with Crippen molar-refractivity contribution in [2.45, 2.75) is 19.8 Å². The summed E-state index contributed by atoms with van der Waals surface area (Å²) >= 11 is 0. The standard InChI is InChI=1S/C21H18FN3/c1-15(2)20-19(9-6-14-23)25(18-12-10-17(22)11-13-18)21(24-20)16-7-4-3-5-8-16/h3-13,15H,1-2H3. The van der Waals surface area contributed by atoms with Crippen LogP contribution in [0.3, 0.4) is 0 Å². The van der Waals surface area contributed by atoms with E-state index in [1.165, 1.54) is 18.2 Å². The molecule has 0 unspecified atom stereocenters. The topological polar surface area (TPSA) is 41.6 Å². The van der Waals surface area contributed by atoms with Crippen LogP contribution in [-0.2, 0) is 0 Å². The van der Waals surface area contributed by atoms with Gasteiger partial charge in [-0.25, -0.2) is 9.37 Å². The van der Waals surface area contributed by atoms with Crippen LogP contribution in [0, 0.1) is 17.1 Å². The third-order valence-corrected chi connectivity index (χ3v) is 3.92. The summed E-state index contributed by atoms with van der Waals surface area (Å²) in [7, 11) is 0. The Labute approximate surface area is 146 Å². The lowest BCUT2D eigenvalue weighted by Crippen LogP contribution is -2.01. The van der Waals surface area contributed by atoms with Gasteiger partial charge in [0.1, 0.15) is 11.6 Å². The first kappa shape index (κ1) is 16.7. The smallest absolute Gasteiger partial charge is 0.145 e. The molecule has 3 rings (SSSR count). The zero-order valence-corrected chi connectivity index (χ0v) is 14.1. The van der Waals surface area contributed by atoms with Crippen molar-refractivity contribution in [3.8, 4) is 23.1 Å². The second-order valence-electron chi connectivity index (χ2n) is 6.00. The maximum Gasteiger partial charge on any atom is 0.145 e. The average molecular weight is 331 g/mol. The molecule has 0 bridgehead atoms. The summed E-state index contributed by atoms with van der Waals surface area (Å²) in [5.41, 5.74) is 3.50. The first-order valence-corrected chi connectivity index (χ1v) is 8.12. The Morgan fingerprint density at radius 3 is 2.36 bits per heavy atom. The molecular weight excluding hydrogens is 313 g/mol. The third-order valence-electron chi connectivity index (χ3n) is 3.92. The molecule has 0 saturated carbocycles. The first-order chi connectivity index (χ1) is 12.1. The van der Waals surface area contributed by atoms with E-state index < -0.39 is 0 Å². The van der Waals surface area contributed by atoms with Crippen LogP contribution in [0.15, 0.2) is 60.7 Å². The SMILES string of the molecule is CC(C)c1nc(-c2ccccc2)n(-c2ccc(F)cc2)c1C=CC#N. The fourth-order valence-corrected chi connectivity index (χ4v) is 2.78. The number of nitrogens with zero attached hydrogens (tertiary/aromatic N) is 3. The fourth-order valence-electron chi connectivity index (χ4n) is 2.78. The highest BCUT2D eigenvalue weighted by molar-refractivity contribution is 5.66. The fraction of sp³-hybridized carbons (Fsp3) is 0.143. The maximum atomic E-state index is 13.4. The highest BCUT2D eigenvalue weighted by Gasteiger charge is 2.20. The van der Waals surface area contributed by atoms with Crippen LogP contribution in [0.2, 0.25) is 0 Å². The van der Waals surface area contributed by atoms with Crippen molar-refractivity contribution in [2.75, 3.05) is 0 Å². The Kier molecular flexibility index (Phi) is 4.76. The summed E-state index contributed by atoms with van der Waals surface area (Å²) in [6, 6.07) is 18.2. The van der Waals surface area contributed by atoms with Gasteiger partial charge in [-0.3, -0.25) is 4.57 Å². The van der Waals surface area contributed by atoms with Crippen molar-refractivity contribution in [1.29, 1.82) is 5.26 Å². The molecule has 1 heterocycles. The predicted octanol–water partition coefficient (Wildman–Crippen LogP) is 5.34. The van der Waals surface area contributed by atoms with E-state index in [2.05, 4.69) is 13.8 Å². The summed E-state index contributed by atoms with van der Waals surface area (Å²) in [4.78, 5) is 4.84. The highest BCUT2D eigenvalue weighted by atomic mass is 19.1. The summed E-state index contributed by atoms with van der Waals surface area (Å²) in [5, 5.41) is 8.96. The van der Waals surface area contributed by atoms with Gasteiger partial charge in [-0.05, 0) is 36.3 Å². The molecule has 4 heteroatoms. The van der Waals surface area contributed by atoms with E-state index in [1.54, 1.807) is 18.2 Å². The van der Waals surface area contributed by atoms with E-state index in [9.17, 15) is 4.39 Å². The van der Waals surface area contributed by atoms with Crippen LogP contribution in [0.5, 0.6) is 0 Å². The molecule has 0 radical (unpaired) electrons. The van der Waals surface area contributed by atoms with E-state index in [4.69, 9.17) is 10.2 Å². The van der Waals surface area contributed by atoms with Crippen LogP contribution in [0.25, 0.3) is 23.2 Å². The van der Waals surface area contributed by atoms with Crippen molar-refractivity contribution in [3.05, 3.63) is 77.9 Å². The second kappa shape index (κ2) is 7.14. The van der Waals surface area contributed by atoms with Gasteiger partial charge < -0.3 is 0 Å². The van der Waals surface area contributed by atoms with E-state index in [1.807, 2.05) is 41.0 Å². The summed E-state index contributed by atoms with van der Waals surface area (Å²) in [6.07, 6.45) is 3.20. The van der Waals surface area contributed by atoms with Gasteiger partial charge in [0.2, 0.25) is 0 Å². The lowest BCUT2D eigenvalue weighted by molar-refractivity contribution is 0.627. The molecule has 3 aromatic rings. The molecule has 0 atom stereocenters. The molecule has 0 aliphatic rings. The minimum Gasteiger partial charge on any atom is -0.293 e. The van der Waals surface area contributed by atoms with Gasteiger partial charge in [-0.2, -0.15) is 5.26 Å². The van der Waals surface area contributed by atoms with Crippen LogP contribution in [0.1, 0.15) is 31.2 Å². The Morgan fingerprint density at radius 1 is 1.08 bits per heavy atom. The van der Waals surface area contributed by atoms with Gasteiger partial charge in [0.15, 0.2) is 0 Å². The Balaban J connectivity index is 2.33. The van der Waals surface area contributed by atoms with Crippen molar-refractivity contribution < 1.29 is 4.39 Å². The maximum absolute atomic E-state index is 13.4. The molecule has 0 fully saturated rings. The quantitative estimate of drug-likeness (QED) is 0.606. The molecule has 1 aromatic heterocycles. The monoisotopic (exact) mass is 331 g/mol. The Morgan fingerprint density at radius 2 is 1.76 bits per heavy atom. The summed E-state index contributed by atoms with van der Waals surface area (Å²) in [5.74, 6) is 0.666. The molecule has 25 heavy (non-hydrogen) atoms. The number of benzene rings is 2. The average Bonchev–Trinajstić information content (AvgIpc) is 3.01. The molecule has 124 valence electrons. The lowest BCUT2D eigenvalue weighted by Gasteiger charge is -2.11. The zero-order valence-electron chi connectivity index (χ0n) is 14.1. The molecular formula is C21H18FN3. The number of nitriles is 1. The number of hydrogen-bond donors (Lipinski definition) is 0. The normalized spacial score (nSPS) is 11.2. The largest absolute Gasteiger partial charge is 0.293 e. The molecule has 2 aromatic carbocycles. The molecule has 0 spiro atoms. The minimum absolute atomic E-state index is 0.183. The number of allylic oxidation sites excluding steroid dienone is 1. The Bertz CT molecular complexity index is 930. The van der Waals surface area contributed by atoms with Crippen LogP contribution in [0.4, 0.5) is 4.39 Å². The first-order valence-electron chi connectivity index (χ1n) is 8.12. The predicted molar refractivity (Wildman–Crippen MR) is 97.7 cm³/mol. The minimum atomic E-state index is -0.289. The molecule has 0 aliphatic heterocycles. The molecule has 0 aliphatic carbocycles.